The van der Waals surface area contributed by atoms with E-state index in [2.05, 4.69) is 68.1 Å². The van der Waals surface area contributed by atoms with Crippen molar-refractivity contribution < 1.29 is 9.47 Å². The number of hydrogen-bond acceptors (Lipinski definition) is 6. The Kier molecular flexibility index (Phi) is 6.28. The van der Waals surface area contributed by atoms with Gasteiger partial charge < -0.3 is 9.47 Å². The highest BCUT2D eigenvalue weighted by molar-refractivity contribution is 5.75. The van der Waals surface area contributed by atoms with Gasteiger partial charge in [-0.05, 0) is 96.3 Å². The van der Waals surface area contributed by atoms with E-state index in [1.807, 2.05) is 18.5 Å². The Hall–Kier alpha value is -3.74. The highest BCUT2D eigenvalue weighted by atomic mass is 16.5. The van der Waals surface area contributed by atoms with Gasteiger partial charge in [0.25, 0.3) is 0 Å². The second-order valence-corrected chi connectivity index (χ2v) is 8.35. The first-order valence-electron chi connectivity index (χ1n) is 11.4. The molecule has 1 N–H and O–H groups in total. The van der Waals surface area contributed by atoms with Crippen LogP contribution in [0.2, 0.25) is 0 Å². The Balaban J connectivity index is 1.51. The van der Waals surface area contributed by atoms with Gasteiger partial charge in [0, 0.05) is 18.0 Å². The van der Waals surface area contributed by atoms with E-state index in [-0.39, 0.29) is 6.10 Å². The zero-order chi connectivity index (χ0) is 22.5. The number of rotatable bonds is 8. The smallest absolute Gasteiger partial charge is 0.204 e. The van der Waals surface area contributed by atoms with Crippen LogP contribution >= 0.6 is 0 Å². The molecule has 2 aromatic carbocycles. The molecule has 0 radical (unpaired) electrons. The number of nitrogens with zero attached hydrogens (tertiary/aromatic N) is 4. The molecule has 33 heavy (non-hydrogen) atoms. The lowest BCUT2D eigenvalue weighted by Gasteiger charge is -2.18. The number of aromatic nitrogens is 5. The summed E-state index contributed by atoms with van der Waals surface area (Å²) in [5.41, 5.74) is 5.64. The summed E-state index contributed by atoms with van der Waals surface area (Å²) in [4.78, 5) is 4.13. The molecule has 0 bridgehead atoms. The quantitative estimate of drug-likeness (QED) is 0.412. The maximum Gasteiger partial charge on any atom is 0.204 e. The third-order valence-electron chi connectivity index (χ3n) is 6.22. The minimum absolute atomic E-state index is 0.256. The first-order chi connectivity index (χ1) is 16.3. The van der Waals surface area contributed by atoms with Crippen LogP contribution in [0, 0.1) is 0 Å². The van der Waals surface area contributed by atoms with Gasteiger partial charge in [-0.1, -0.05) is 18.2 Å². The lowest BCUT2D eigenvalue weighted by molar-refractivity contribution is 0.201. The van der Waals surface area contributed by atoms with E-state index in [9.17, 15) is 0 Å². The third kappa shape index (κ3) is 4.87. The van der Waals surface area contributed by atoms with Crippen LogP contribution in [-0.4, -0.2) is 38.8 Å². The summed E-state index contributed by atoms with van der Waals surface area (Å²) < 4.78 is 12.0. The molecule has 0 unspecified atom stereocenters. The molecule has 7 nitrogen and oxygen atoms in total. The van der Waals surface area contributed by atoms with Crippen LogP contribution in [0.25, 0.3) is 22.5 Å². The molecule has 2 aromatic heterocycles. The summed E-state index contributed by atoms with van der Waals surface area (Å²) in [6.07, 6.45) is 10.4. The zero-order valence-electron chi connectivity index (χ0n) is 18.7. The number of aromatic amines is 1. The lowest BCUT2D eigenvalue weighted by Crippen LogP contribution is -2.11. The predicted molar refractivity (Wildman–Crippen MR) is 126 cm³/mol. The number of methoxy groups -OCH3 is 1. The fourth-order valence-electron chi connectivity index (χ4n) is 4.44. The lowest BCUT2D eigenvalue weighted by atomic mass is 9.93. The largest absolute Gasteiger partial charge is 0.493 e. The van der Waals surface area contributed by atoms with E-state index in [1.165, 1.54) is 24.0 Å². The van der Waals surface area contributed by atoms with E-state index in [0.29, 0.717) is 5.82 Å². The van der Waals surface area contributed by atoms with Crippen molar-refractivity contribution in [2.75, 3.05) is 7.11 Å². The maximum atomic E-state index is 6.36. The second kappa shape index (κ2) is 9.81. The predicted octanol–water partition coefficient (Wildman–Crippen LogP) is 5.04. The standard InChI is InChI=1S/C26H27N5O2/c1-32-24-11-10-20(17-25(24)33-22-4-2-3-5-22)23-16-21(26-28-30-31-29-26)9-8-19(23)7-6-18-12-14-27-15-13-18/h8-17,22H,2-7H2,1H3,(H,28,29,30,31). The Morgan fingerprint density at radius 2 is 1.73 bits per heavy atom. The highest BCUT2D eigenvalue weighted by Crippen LogP contribution is 2.37. The summed E-state index contributed by atoms with van der Waals surface area (Å²) in [6, 6.07) is 16.7. The second-order valence-electron chi connectivity index (χ2n) is 8.35. The molecule has 0 saturated heterocycles. The molecule has 0 aliphatic heterocycles. The summed E-state index contributed by atoms with van der Waals surface area (Å²) in [5, 5.41) is 14.6. The number of pyridine rings is 1. The Labute approximate surface area is 193 Å². The number of benzene rings is 2. The van der Waals surface area contributed by atoms with Gasteiger partial charge in [-0.25, -0.2) is 0 Å². The fourth-order valence-corrected chi connectivity index (χ4v) is 4.44. The Morgan fingerprint density at radius 1 is 0.909 bits per heavy atom. The number of ether oxygens (including phenoxy) is 2. The van der Waals surface area contributed by atoms with E-state index in [0.717, 1.165) is 53.9 Å². The minimum atomic E-state index is 0.256. The van der Waals surface area contributed by atoms with Crippen LogP contribution < -0.4 is 9.47 Å². The third-order valence-corrected chi connectivity index (χ3v) is 6.22. The molecule has 2 heterocycles. The highest BCUT2D eigenvalue weighted by Gasteiger charge is 2.19. The van der Waals surface area contributed by atoms with Gasteiger partial charge in [0.2, 0.25) is 5.82 Å². The number of tetrazole rings is 1. The van der Waals surface area contributed by atoms with Gasteiger partial charge in [-0.15, -0.1) is 10.2 Å². The van der Waals surface area contributed by atoms with Gasteiger partial charge in [0.1, 0.15) is 0 Å². The van der Waals surface area contributed by atoms with Gasteiger partial charge in [0.05, 0.1) is 13.2 Å². The molecule has 1 aliphatic rings. The van der Waals surface area contributed by atoms with Crippen molar-refractivity contribution >= 4 is 0 Å². The SMILES string of the molecule is COc1ccc(-c2cc(-c3nn[nH]n3)ccc2CCc2ccncc2)cc1OC1CCCC1. The average Bonchev–Trinajstić information content (AvgIpc) is 3.58. The van der Waals surface area contributed by atoms with Crippen LogP contribution in [0.4, 0.5) is 0 Å². The molecule has 4 aromatic rings. The number of hydrogen-bond donors (Lipinski definition) is 1. The first-order valence-corrected chi connectivity index (χ1v) is 11.4. The minimum Gasteiger partial charge on any atom is -0.493 e. The van der Waals surface area contributed by atoms with Crippen LogP contribution in [0.1, 0.15) is 36.8 Å². The van der Waals surface area contributed by atoms with Crippen molar-refractivity contribution in [1.29, 1.82) is 0 Å². The number of H-pyrrole nitrogens is 1. The van der Waals surface area contributed by atoms with Gasteiger partial charge in [-0.2, -0.15) is 5.21 Å². The van der Waals surface area contributed by atoms with Crippen LogP contribution in [0.5, 0.6) is 11.5 Å². The number of aryl methyl sites for hydroxylation is 2. The van der Waals surface area contributed by atoms with Crippen molar-refractivity contribution in [2.24, 2.45) is 0 Å². The van der Waals surface area contributed by atoms with Crippen molar-refractivity contribution in [3.63, 3.8) is 0 Å². The molecular weight excluding hydrogens is 414 g/mol. The normalized spacial score (nSPS) is 13.8. The molecular formula is C26H27N5O2. The Bertz CT molecular complexity index is 1190. The fraction of sp³-hybridized carbons (Fsp3) is 0.308. The molecule has 1 saturated carbocycles. The van der Waals surface area contributed by atoms with E-state index in [1.54, 1.807) is 7.11 Å². The van der Waals surface area contributed by atoms with Crippen LogP contribution in [-0.2, 0) is 12.8 Å². The van der Waals surface area contributed by atoms with Gasteiger partial charge in [0.15, 0.2) is 11.5 Å². The van der Waals surface area contributed by atoms with E-state index < -0.39 is 0 Å². The molecule has 1 aliphatic carbocycles. The molecule has 168 valence electrons. The monoisotopic (exact) mass is 441 g/mol. The Morgan fingerprint density at radius 3 is 2.48 bits per heavy atom. The average molecular weight is 442 g/mol. The number of nitrogens with one attached hydrogen (secondary N) is 1. The first kappa shape index (κ1) is 21.1. The van der Waals surface area contributed by atoms with Gasteiger partial charge in [-0.3, -0.25) is 4.98 Å². The topological polar surface area (TPSA) is 85.8 Å². The molecule has 5 rings (SSSR count). The van der Waals surface area contributed by atoms with Crippen molar-refractivity contribution in [1.82, 2.24) is 25.6 Å². The molecule has 7 heteroatoms. The summed E-state index contributed by atoms with van der Waals surface area (Å²) in [6.45, 7) is 0. The zero-order valence-corrected chi connectivity index (χ0v) is 18.7. The van der Waals surface area contributed by atoms with Crippen molar-refractivity contribution in [3.8, 4) is 34.0 Å². The van der Waals surface area contributed by atoms with E-state index >= 15 is 0 Å². The van der Waals surface area contributed by atoms with Crippen molar-refractivity contribution in [3.05, 3.63) is 72.1 Å². The summed E-state index contributed by atoms with van der Waals surface area (Å²) >= 11 is 0. The molecule has 0 spiro atoms. The van der Waals surface area contributed by atoms with Crippen LogP contribution in [0.3, 0.4) is 0 Å². The van der Waals surface area contributed by atoms with Crippen LogP contribution in [0.15, 0.2) is 60.9 Å². The molecule has 1 fully saturated rings. The van der Waals surface area contributed by atoms with E-state index in [4.69, 9.17) is 9.47 Å². The van der Waals surface area contributed by atoms with Crippen molar-refractivity contribution in [2.45, 2.75) is 44.6 Å². The molecule has 0 amide bonds. The maximum absolute atomic E-state index is 6.36. The molecule has 0 atom stereocenters. The summed E-state index contributed by atoms with van der Waals surface area (Å²) in [7, 11) is 1.69. The van der Waals surface area contributed by atoms with Gasteiger partial charge >= 0.3 is 0 Å². The summed E-state index contributed by atoms with van der Waals surface area (Å²) in [5.74, 6) is 2.14.